The van der Waals surface area contributed by atoms with Crippen LogP contribution in [0.1, 0.15) is 0 Å². The van der Waals surface area contributed by atoms with Crippen molar-refractivity contribution in [3.8, 4) is 0 Å². The molecule has 0 aromatic heterocycles. The van der Waals surface area contributed by atoms with Crippen molar-refractivity contribution in [3.63, 3.8) is 0 Å². The molecular formula is C23H19SeTe+. The fourth-order valence-corrected chi connectivity index (χ4v) is 10.3. The molecule has 0 unspecified atom stereocenters. The molecule has 2 heteroatoms. The van der Waals surface area contributed by atoms with Crippen molar-refractivity contribution in [2.75, 3.05) is 0 Å². The number of hydrogen-bond donors (Lipinski definition) is 0. The summed E-state index contributed by atoms with van der Waals surface area (Å²) in [5.41, 5.74) is 0. The minimum atomic E-state index is -1.55. The molecule has 4 rings (SSSR count). The van der Waals surface area contributed by atoms with E-state index in [9.17, 15) is 0 Å². The zero-order valence-electron chi connectivity index (χ0n) is 14.1. The van der Waals surface area contributed by atoms with Crippen molar-refractivity contribution in [2.45, 2.75) is 4.97 Å². The molecule has 0 aliphatic carbocycles. The predicted octanol–water partition coefficient (Wildman–Crippen LogP) is 2.73. The number of fused-ring (bicyclic) bond motifs is 1. The van der Waals surface area contributed by atoms with Gasteiger partial charge in [-0.2, -0.15) is 0 Å². The third-order valence-corrected chi connectivity index (χ3v) is 12.1. The molecule has 4 aromatic rings. The molecule has 0 spiro atoms. The van der Waals surface area contributed by atoms with Crippen LogP contribution in [0.2, 0.25) is 4.97 Å². The van der Waals surface area contributed by atoms with Crippen LogP contribution in [0.15, 0.2) is 97.1 Å². The van der Waals surface area contributed by atoms with Gasteiger partial charge in [-0.15, -0.1) is 0 Å². The van der Waals surface area contributed by atoms with Gasteiger partial charge in [0.25, 0.3) is 0 Å². The zero-order chi connectivity index (χ0) is 17.1. The van der Waals surface area contributed by atoms with Crippen LogP contribution in [0.4, 0.5) is 0 Å². The summed E-state index contributed by atoms with van der Waals surface area (Å²) in [4.78, 5) is 2.49. The Morgan fingerprint density at radius 1 is 0.640 bits per heavy atom. The van der Waals surface area contributed by atoms with Gasteiger partial charge >= 0.3 is 163 Å². The summed E-state index contributed by atoms with van der Waals surface area (Å²) in [6.45, 7) is 0. The van der Waals surface area contributed by atoms with Crippen LogP contribution in [0.25, 0.3) is 10.8 Å². The van der Waals surface area contributed by atoms with Crippen molar-refractivity contribution in [2.24, 2.45) is 0 Å². The second-order valence-electron chi connectivity index (χ2n) is 5.85. The van der Waals surface area contributed by atoms with Gasteiger partial charge in [0.15, 0.2) is 0 Å². The van der Waals surface area contributed by atoms with Gasteiger partial charge in [0.1, 0.15) is 0 Å². The van der Waals surface area contributed by atoms with Gasteiger partial charge < -0.3 is 0 Å². The van der Waals surface area contributed by atoms with Crippen LogP contribution in [-0.2, 0) is 0 Å². The molecule has 0 atom stereocenters. The van der Waals surface area contributed by atoms with E-state index >= 15 is 0 Å². The Kier molecular flexibility index (Phi) is 5.25. The van der Waals surface area contributed by atoms with E-state index in [1.807, 2.05) is 0 Å². The molecule has 0 saturated carbocycles. The van der Waals surface area contributed by atoms with E-state index in [-0.39, 0.29) is 0 Å². The molecule has 0 nitrogen and oxygen atoms in total. The maximum atomic E-state index is 2.49. The number of benzene rings is 4. The van der Waals surface area contributed by atoms with Gasteiger partial charge in [-0.1, -0.05) is 0 Å². The quantitative estimate of drug-likeness (QED) is 0.377. The molecule has 122 valence electrons. The molecule has 0 radical (unpaired) electrons. The third-order valence-electron chi connectivity index (χ3n) is 4.23. The maximum absolute atomic E-state index is 2.49. The van der Waals surface area contributed by atoms with Crippen LogP contribution in [0.5, 0.6) is 0 Å². The molecule has 0 amide bonds. The van der Waals surface area contributed by atoms with Crippen molar-refractivity contribution < 1.29 is 0 Å². The fraction of sp³-hybridized carbons (Fsp3) is 0.0435. The van der Waals surface area contributed by atoms with E-state index in [0.29, 0.717) is 15.0 Å². The van der Waals surface area contributed by atoms with E-state index in [0.717, 1.165) is 0 Å². The summed E-state index contributed by atoms with van der Waals surface area (Å²) in [5, 5.41) is 2.90. The molecule has 0 bridgehead atoms. The Morgan fingerprint density at radius 2 is 1.28 bits per heavy atom. The van der Waals surface area contributed by atoms with Crippen molar-refractivity contribution in [3.05, 3.63) is 97.1 Å². The minimum absolute atomic E-state index is 0.340. The third kappa shape index (κ3) is 3.69. The van der Waals surface area contributed by atoms with Crippen molar-refractivity contribution in [1.29, 1.82) is 0 Å². The van der Waals surface area contributed by atoms with Gasteiger partial charge in [0.05, 0.1) is 0 Å². The first kappa shape index (κ1) is 16.9. The topological polar surface area (TPSA) is 0 Å². The van der Waals surface area contributed by atoms with Gasteiger partial charge in [-0.05, 0) is 0 Å². The van der Waals surface area contributed by atoms with Crippen LogP contribution in [0.3, 0.4) is 0 Å². The Labute approximate surface area is 162 Å². The van der Waals surface area contributed by atoms with E-state index < -0.39 is 19.6 Å². The Morgan fingerprint density at radius 3 is 2.00 bits per heavy atom. The number of hydrogen-bond acceptors (Lipinski definition) is 0. The molecular weight excluding hydrogens is 483 g/mol. The predicted molar refractivity (Wildman–Crippen MR) is 113 cm³/mol. The average Bonchev–Trinajstić information content (AvgIpc) is 2.69. The Hall–Kier alpha value is -1.55. The van der Waals surface area contributed by atoms with Crippen molar-refractivity contribution in [1.82, 2.24) is 0 Å². The fourth-order valence-electron chi connectivity index (χ4n) is 2.98. The van der Waals surface area contributed by atoms with Crippen molar-refractivity contribution >= 4 is 61.4 Å². The van der Waals surface area contributed by atoms with Gasteiger partial charge in [-0.25, -0.2) is 0 Å². The zero-order valence-corrected chi connectivity index (χ0v) is 18.1. The first-order chi connectivity index (χ1) is 12.3. The first-order valence-electron chi connectivity index (χ1n) is 8.28. The average molecular weight is 502 g/mol. The molecule has 0 aliphatic heterocycles. The standard InChI is InChI=1S/C23H19SeTe/c1-25(20-14-6-3-7-15-20)22-17-9-11-18-10-8-16-21(23(18)22)24-19-12-4-2-5-13-19/h2-17H,1H3/q+1. The van der Waals surface area contributed by atoms with Crippen LogP contribution in [0, 0.1) is 0 Å². The molecule has 0 N–H and O–H groups in total. The molecule has 25 heavy (non-hydrogen) atoms. The van der Waals surface area contributed by atoms with Crippen LogP contribution in [-0.4, -0.2) is 34.5 Å². The Bertz CT molecular complexity index is 975. The molecule has 0 aliphatic rings. The normalized spacial score (nSPS) is 11.1. The van der Waals surface area contributed by atoms with Crippen LogP contribution >= 0.6 is 0 Å². The Balaban J connectivity index is 1.85. The molecule has 0 saturated heterocycles. The second-order valence-corrected chi connectivity index (χ2v) is 13.7. The van der Waals surface area contributed by atoms with E-state index in [1.165, 1.54) is 19.7 Å². The SMILES string of the molecule is C[Te+](c1ccccc1)c1cccc2cccc([Se]c3ccccc3)c12. The monoisotopic (exact) mass is 505 g/mol. The van der Waals surface area contributed by atoms with E-state index in [4.69, 9.17) is 0 Å². The van der Waals surface area contributed by atoms with E-state index in [2.05, 4.69) is 102 Å². The summed E-state index contributed by atoms with van der Waals surface area (Å²) >= 11 is -1.21. The van der Waals surface area contributed by atoms with Gasteiger partial charge in [0, 0.05) is 0 Å². The van der Waals surface area contributed by atoms with Gasteiger partial charge in [-0.3, -0.25) is 0 Å². The van der Waals surface area contributed by atoms with Crippen LogP contribution < -0.4 is 16.1 Å². The first-order valence-corrected chi connectivity index (χ1v) is 14.7. The summed E-state index contributed by atoms with van der Waals surface area (Å²) in [5.74, 6) is 0. The number of rotatable bonds is 4. The molecule has 0 fully saturated rings. The molecule has 4 aromatic carbocycles. The second kappa shape index (κ2) is 7.77. The van der Waals surface area contributed by atoms with E-state index in [1.54, 1.807) is 7.22 Å². The summed E-state index contributed by atoms with van der Waals surface area (Å²) in [6, 6.07) is 35.6. The summed E-state index contributed by atoms with van der Waals surface area (Å²) in [6.07, 6.45) is 0. The summed E-state index contributed by atoms with van der Waals surface area (Å²) < 4.78 is 6.09. The summed E-state index contributed by atoms with van der Waals surface area (Å²) in [7, 11) is 0. The molecule has 0 heterocycles. The van der Waals surface area contributed by atoms with Gasteiger partial charge in [0.2, 0.25) is 0 Å².